The number of nitrogens with two attached hydrogens (primary N) is 1. The van der Waals surface area contributed by atoms with Gasteiger partial charge in [0.05, 0.1) is 5.92 Å². The molecule has 4 heteroatoms. The highest BCUT2D eigenvalue weighted by molar-refractivity contribution is 5.79. The van der Waals surface area contributed by atoms with E-state index in [9.17, 15) is 4.79 Å². The summed E-state index contributed by atoms with van der Waals surface area (Å²) in [6.07, 6.45) is 6.31. The summed E-state index contributed by atoms with van der Waals surface area (Å²) in [4.78, 5) is 17.1. The SMILES string of the molecule is CC(N)C(C)C(=O)N1CCCC1CN1CCCCC1. The Kier molecular flexibility index (Phi) is 5.22. The number of carbonyl (C=O) groups excluding carboxylic acids is 1. The van der Waals surface area contributed by atoms with Crippen molar-refractivity contribution in [3.8, 4) is 0 Å². The van der Waals surface area contributed by atoms with Crippen LogP contribution < -0.4 is 5.73 Å². The number of piperidine rings is 1. The van der Waals surface area contributed by atoms with Crippen molar-refractivity contribution in [2.75, 3.05) is 26.2 Å². The van der Waals surface area contributed by atoms with E-state index >= 15 is 0 Å². The van der Waals surface area contributed by atoms with Gasteiger partial charge in [-0.2, -0.15) is 0 Å². The first-order chi connectivity index (χ1) is 9.09. The standard InChI is InChI=1S/C15H29N3O/c1-12(13(2)16)15(19)18-10-6-7-14(18)11-17-8-4-3-5-9-17/h12-14H,3-11,16H2,1-2H3. The summed E-state index contributed by atoms with van der Waals surface area (Å²) < 4.78 is 0. The lowest BCUT2D eigenvalue weighted by Crippen LogP contribution is -2.48. The van der Waals surface area contributed by atoms with E-state index in [0.717, 1.165) is 25.9 Å². The van der Waals surface area contributed by atoms with Gasteiger partial charge in [0.15, 0.2) is 0 Å². The smallest absolute Gasteiger partial charge is 0.227 e. The van der Waals surface area contributed by atoms with Gasteiger partial charge in [0, 0.05) is 25.2 Å². The Hall–Kier alpha value is -0.610. The first kappa shape index (κ1) is 14.8. The van der Waals surface area contributed by atoms with E-state index in [1.54, 1.807) is 0 Å². The van der Waals surface area contributed by atoms with Crippen LogP contribution in [0.2, 0.25) is 0 Å². The molecular weight excluding hydrogens is 238 g/mol. The molecule has 2 aliphatic heterocycles. The molecular formula is C15H29N3O. The van der Waals surface area contributed by atoms with Crippen LogP contribution in [-0.4, -0.2) is 54.0 Å². The monoisotopic (exact) mass is 267 g/mol. The fraction of sp³-hybridized carbons (Fsp3) is 0.933. The van der Waals surface area contributed by atoms with Crippen LogP contribution in [0.3, 0.4) is 0 Å². The highest BCUT2D eigenvalue weighted by atomic mass is 16.2. The predicted octanol–water partition coefficient (Wildman–Crippen LogP) is 1.45. The normalized spacial score (nSPS) is 28.4. The van der Waals surface area contributed by atoms with Gasteiger partial charge in [-0.1, -0.05) is 13.3 Å². The quantitative estimate of drug-likeness (QED) is 0.838. The molecule has 2 aliphatic rings. The first-order valence-corrected chi connectivity index (χ1v) is 7.88. The van der Waals surface area contributed by atoms with Gasteiger partial charge in [-0.3, -0.25) is 4.79 Å². The summed E-state index contributed by atoms with van der Waals surface area (Å²) in [6, 6.07) is 0.371. The largest absolute Gasteiger partial charge is 0.338 e. The highest BCUT2D eigenvalue weighted by Crippen LogP contribution is 2.22. The molecule has 2 heterocycles. The fourth-order valence-electron chi connectivity index (χ4n) is 3.24. The summed E-state index contributed by atoms with van der Waals surface area (Å²) in [5, 5.41) is 0. The van der Waals surface area contributed by atoms with E-state index in [2.05, 4.69) is 9.80 Å². The third-order valence-electron chi connectivity index (χ3n) is 4.76. The van der Waals surface area contributed by atoms with Gasteiger partial charge in [-0.25, -0.2) is 0 Å². The van der Waals surface area contributed by atoms with Gasteiger partial charge in [0.1, 0.15) is 0 Å². The Morgan fingerprint density at radius 2 is 1.84 bits per heavy atom. The zero-order valence-corrected chi connectivity index (χ0v) is 12.5. The van der Waals surface area contributed by atoms with E-state index in [1.807, 2.05) is 13.8 Å². The first-order valence-electron chi connectivity index (χ1n) is 7.88. The maximum Gasteiger partial charge on any atom is 0.227 e. The van der Waals surface area contributed by atoms with Crippen molar-refractivity contribution < 1.29 is 4.79 Å². The number of carbonyl (C=O) groups is 1. The average molecular weight is 267 g/mol. The van der Waals surface area contributed by atoms with E-state index in [-0.39, 0.29) is 17.9 Å². The second-order valence-corrected chi connectivity index (χ2v) is 6.34. The minimum Gasteiger partial charge on any atom is -0.338 e. The van der Waals surface area contributed by atoms with Crippen LogP contribution in [0.15, 0.2) is 0 Å². The molecule has 3 unspecified atom stereocenters. The van der Waals surface area contributed by atoms with Crippen molar-refractivity contribution in [1.29, 1.82) is 0 Å². The maximum atomic E-state index is 12.5. The van der Waals surface area contributed by atoms with Crippen LogP contribution in [0.1, 0.15) is 46.0 Å². The van der Waals surface area contributed by atoms with Crippen LogP contribution >= 0.6 is 0 Å². The van der Waals surface area contributed by atoms with Crippen LogP contribution in [-0.2, 0) is 4.79 Å². The van der Waals surface area contributed by atoms with Crippen molar-refractivity contribution in [2.45, 2.75) is 58.0 Å². The lowest BCUT2D eigenvalue weighted by Gasteiger charge is -2.34. The van der Waals surface area contributed by atoms with E-state index < -0.39 is 0 Å². The average Bonchev–Trinajstić information content (AvgIpc) is 2.86. The highest BCUT2D eigenvalue weighted by Gasteiger charge is 2.33. The van der Waals surface area contributed by atoms with Crippen molar-refractivity contribution in [2.24, 2.45) is 11.7 Å². The van der Waals surface area contributed by atoms with Gasteiger partial charge < -0.3 is 15.5 Å². The number of hydrogen-bond donors (Lipinski definition) is 1. The predicted molar refractivity (Wildman–Crippen MR) is 77.8 cm³/mol. The second kappa shape index (κ2) is 6.71. The van der Waals surface area contributed by atoms with Crippen molar-refractivity contribution in [3.05, 3.63) is 0 Å². The summed E-state index contributed by atoms with van der Waals surface area (Å²) >= 11 is 0. The number of rotatable bonds is 4. The molecule has 2 fully saturated rings. The minimum atomic E-state index is -0.0537. The molecule has 0 bridgehead atoms. The second-order valence-electron chi connectivity index (χ2n) is 6.34. The van der Waals surface area contributed by atoms with Crippen LogP contribution in [0.25, 0.3) is 0 Å². The van der Waals surface area contributed by atoms with Gasteiger partial charge in [-0.15, -0.1) is 0 Å². The molecule has 1 amide bonds. The molecule has 2 N–H and O–H groups in total. The maximum absolute atomic E-state index is 12.5. The van der Waals surface area contributed by atoms with Gasteiger partial charge >= 0.3 is 0 Å². The third-order valence-corrected chi connectivity index (χ3v) is 4.76. The van der Waals surface area contributed by atoms with E-state index in [4.69, 9.17) is 5.73 Å². The van der Waals surface area contributed by atoms with Crippen LogP contribution in [0.5, 0.6) is 0 Å². The molecule has 0 radical (unpaired) electrons. The number of amides is 1. The molecule has 0 aromatic carbocycles. The molecule has 0 aromatic heterocycles. The Labute approximate surface area is 117 Å². The molecule has 0 aliphatic carbocycles. The Morgan fingerprint density at radius 3 is 2.47 bits per heavy atom. The number of likely N-dealkylation sites (tertiary alicyclic amines) is 2. The van der Waals surface area contributed by atoms with E-state index in [1.165, 1.54) is 32.4 Å². The van der Waals surface area contributed by atoms with Crippen molar-refractivity contribution in [3.63, 3.8) is 0 Å². The summed E-state index contributed by atoms with van der Waals surface area (Å²) in [5.41, 5.74) is 5.88. The Bertz CT molecular complexity index is 300. The minimum absolute atomic E-state index is 0.0521. The molecule has 19 heavy (non-hydrogen) atoms. The zero-order valence-electron chi connectivity index (χ0n) is 12.5. The lowest BCUT2D eigenvalue weighted by molar-refractivity contribution is -0.136. The summed E-state index contributed by atoms with van der Waals surface area (Å²) in [7, 11) is 0. The molecule has 4 nitrogen and oxygen atoms in total. The molecule has 0 spiro atoms. The van der Waals surface area contributed by atoms with Crippen LogP contribution in [0.4, 0.5) is 0 Å². The van der Waals surface area contributed by atoms with Crippen LogP contribution in [0, 0.1) is 5.92 Å². The van der Waals surface area contributed by atoms with Gasteiger partial charge in [0.2, 0.25) is 5.91 Å². The van der Waals surface area contributed by atoms with Gasteiger partial charge in [-0.05, 0) is 45.7 Å². The van der Waals surface area contributed by atoms with Crippen molar-refractivity contribution >= 4 is 5.91 Å². The molecule has 2 rings (SSSR count). The summed E-state index contributed by atoms with van der Waals surface area (Å²) in [5.74, 6) is 0.205. The Balaban J connectivity index is 1.90. The lowest BCUT2D eigenvalue weighted by atomic mass is 10.0. The van der Waals surface area contributed by atoms with Crippen molar-refractivity contribution in [1.82, 2.24) is 9.80 Å². The molecule has 3 atom stereocenters. The van der Waals surface area contributed by atoms with Gasteiger partial charge in [0.25, 0.3) is 0 Å². The number of hydrogen-bond acceptors (Lipinski definition) is 3. The summed E-state index contributed by atoms with van der Waals surface area (Å²) in [6.45, 7) is 8.30. The number of nitrogens with zero attached hydrogens (tertiary/aromatic N) is 2. The third kappa shape index (κ3) is 3.69. The molecule has 2 saturated heterocycles. The van der Waals surface area contributed by atoms with E-state index in [0.29, 0.717) is 6.04 Å². The topological polar surface area (TPSA) is 49.6 Å². The Morgan fingerprint density at radius 1 is 1.16 bits per heavy atom. The molecule has 0 saturated carbocycles. The zero-order chi connectivity index (χ0) is 13.8. The fourth-order valence-corrected chi connectivity index (χ4v) is 3.24. The molecule has 0 aromatic rings. The molecule has 110 valence electrons.